The summed E-state index contributed by atoms with van der Waals surface area (Å²) in [5, 5.41) is 2.38. The molecule has 0 aliphatic carbocycles. The Bertz CT molecular complexity index is 1110. The van der Waals surface area contributed by atoms with Crippen molar-refractivity contribution in [3.8, 4) is 5.75 Å². The van der Waals surface area contributed by atoms with Crippen LogP contribution in [0.25, 0.3) is 0 Å². The highest BCUT2D eigenvalue weighted by Crippen LogP contribution is 2.38. The summed E-state index contributed by atoms with van der Waals surface area (Å²) in [6, 6.07) is 4.59. The van der Waals surface area contributed by atoms with Gasteiger partial charge in [-0.15, -0.1) is 0 Å². The second-order valence-corrected chi connectivity index (χ2v) is 9.41. The van der Waals surface area contributed by atoms with Crippen LogP contribution in [0.5, 0.6) is 5.75 Å². The number of hydrogen-bond donors (Lipinski definition) is 1. The Morgan fingerprint density at radius 2 is 1.48 bits per heavy atom. The number of alkyl halides is 6. The van der Waals surface area contributed by atoms with E-state index < -0.39 is 51.3 Å². The van der Waals surface area contributed by atoms with Gasteiger partial charge in [-0.3, -0.25) is 4.79 Å². The number of anilines is 1. The topological polar surface area (TPSA) is 75.7 Å². The molecule has 13 heteroatoms. The van der Waals surface area contributed by atoms with Crippen LogP contribution in [0.3, 0.4) is 0 Å². The smallest absolute Gasteiger partial charge is 0.416 e. The van der Waals surface area contributed by atoms with E-state index in [1.165, 1.54) is 32.3 Å². The molecule has 0 spiro atoms. The van der Waals surface area contributed by atoms with Crippen LogP contribution in [0.2, 0.25) is 0 Å². The Kier molecular flexibility index (Phi) is 7.39. The third-order valence-corrected chi connectivity index (χ3v) is 6.30. The zero-order chi connectivity index (χ0) is 25.4. The van der Waals surface area contributed by atoms with Gasteiger partial charge in [0.25, 0.3) is 5.91 Å². The van der Waals surface area contributed by atoms with Gasteiger partial charge in [-0.1, -0.05) is 6.07 Å². The van der Waals surface area contributed by atoms with Crippen LogP contribution in [-0.4, -0.2) is 38.8 Å². The SMILES string of the molecule is Cc1ccc(S(=O)(=O)N(C)C)cc1NC(=O)[C@@H](C)Oc1cc(C(F)(F)F)cc(C(F)(F)F)c1. The van der Waals surface area contributed by atoms with Gasteiger partial charge in [0, 0.05) is 19.8 Å². The van der Waals surface area contributed by atoms with E-state index in [9.17, 15) is 39.6 Å². The first-order chi connectivity index (χ1) is 14.9. The quantitative estimate of drug-likeness (QED) is 0.587. The first kappa shape index (κ1) is 26.5. The molecular formula is C20H20F6N2O4S. The van der Waals surface area contributed by atoms with E-state index in [-0.39, 0.29) is 16.6 Å². The second kappa shape index (κ2) is 9.21. The van der Waals surface area contributed by atoms with Crippen LogP contribution in [0.1, 0.15) is 23.6 Å². The van der Waals surface area contributed by atoms with Crippen molar-refractivity contribution in [1.82, 2.24) is 4.31 Å². The summed E-state index contributed by atoms with van der Waals surface area (Å²) in [7, 11) is -1.19. The highest BCUT2D eigenvalue weighted by molar-refractivity contribution is 7.89. The van der Waals surface area contributed by atoms with E-state index in [1.54, 1.807) is 6.92 Å². The fourth-order valence-corrected chi connectivity index (χ4v) is 3.52. The lowest BCUT2D eigenvalue weighted by molar-refractivity contribution is -0.143. The number of benzene rings is 2. The van der Waals surface area contributed by atoms with E-state index in [0.29, 0.717) is 17.7 Å². The Balaban J connectivity index is 2.31. The number of nitrogens with zero attached hydrogens (tertiary/aromatic N) is 1. The molecule has 0 bridgehead atoms. The number of carbonyl (C=O) groups excluding carboxylic acids is 1. The fraction of sp³-hybridized carbons (Fsp3) is 0.350. The molecule has 6 nitrogen and oxygen atoms in total. The van der Waals surface area contributed by atoms with Gasteiger partial charge in [-0.05, 0) is 49.7 Å². The molecule has 0 unspecified atom stereocenters. The fourth-order valence-electron chi connectivity index (χ4n) is 2.59. The van der Waals surface area contributed by atoms with E-state index in [2.05, 4.69) is 5.32 Å². The van der Waals surface area contributed by atoms with Gasteiger partial charge in [0.15, 0.2) is 6.10 Å². The molecule has 0 aliphatic rings. The van der Waals surface area contributed by atoms with Gasteiger partial charge >= 0.3 is 12.4 Å². The highest BCUT2D eigenvalue weighted by atomic mass is 32.2. The van der Waals surface area contributed by atoms with E-state index in [4.69, 9.17) is 4.74 Å². The molecule has 0 radical (unpaired) electrons. The van der Waals surface area contributed by atoms with Crippen molar-refractivity contribution < 1.29 is 44.3 Å². The van der Waals surface area contributed by atoms with Crippen molar-refractivity contribution in [1.29, 1.82) is 0 Å². The number of halogens is 6. The predicted octanol–water partition coefficient (Wildman–Crippen LogP) is 4.69. The normalized spacial score (nSPS) is 13.7. The minimum atomic E-state index is -5.07. The molecule has 33 heavy (non-hydrogen) atoms. The Labute approximate surface area is 186 Å². The first-order valence-electron chi connectivity index (χ1n) is 9.23. The van der Waals surface area contributed by atoms with Gasteiger partial charge < -0.3 is 10.1 Å². The number of carbonyl (C=O) groups is 1. The summed E-state index contributed by atoms with van der Waals surface area (Å²) in [5.41, 5.74) is -2.63. The average molecular weight is 498 g/mol. The van der Waals surface area contributed by atoms with Crippen LogP contribution in [0.15, 0.2) is 41.3 Å². The number of sulfonamides is 1. The zero-order valence-corrected chi connectivity index (χ0v) is 18.6. The Morgan fingerprint density at radius 3 is 1.94 bits per heavy atom. The predicted molar refractivity (Wildman–Crippen MR) is 107 cm³/mol. The molecule has 0 fully saturated rings. The van der Waals surface area contributed by atoms with Crippen LogP contribution < -0.4 is 10.1 Å². The molecule has 2 aromatic rings. The summed E-state index contributed by atoms with van der Waals surface area (Å²) in [4.78, 5) is 12.4. The lowest BCUT2D eigenvalue weighted by Crippen LogP contribution is -2.31. The van der Waals surface area contributed by atoms with E-state index in [1.807, 2.05) is 0 Å². The van der Waals surface area contributed by atoms with Crippen LogP contribution in [-0.2, 0) is 27.2 Å². The van der Waals surface area contributed by atoms with Gasteiger partial charge in [0.1, 0.15) is 5.75 Å². The summed E-state index contributed by atoms with van der Waals surface area (Å²) in [6.45, 7) is 2.69. The van der Waals surface area contributed by atoms with Crippen LogP contribution >= 0.6 is 0 Å². The molecule has 2 rings (SSSR count). The molecule has 0 aliphatic heterocycles. The number of aryl methyl sites for hydroxylation is 1. The lowest BCUT2D eigenvalue weighted by atomic mass is 10.1. The zero-order valence-electron chi connectivity index (χ0n) is 17.8. The summed E-state index contributed by atoms with van der Waals surface area (Å²) in [5.74, 6) is -1.72. The van der Waals surface area contributed by atoms with Crippen molar-refractivity contribution >= 4 is 21.6 Å². The molecule has 0 saturated heterocycles. The van der Waals surface area contributed by atoms with Crippen molar-refractivity contribution in [2.45, 2.75) is 37.2 Å². The monoisotopic (exact) mass is 498 g/mol. The van der Waals surface area contributed by atoms with Crippen LogP contribution in [0.4, 0.5) is 32.0 Å². The van der Waals surface area contributed by atoms with Crippen molar-refractivity contribution in [2.24, 2.45) is 0 Å². The number of nitrogens with one attached hydrogen (secondary N) is 1. The minimum absolute atomic E-state index is 0.0579. The third-order valence-electron chi connectivity index (χ3n) is 4.49. The van der Waals surface area contributed by atoms with Crippen molar-refractivity contribution in [2.75, 3.05) is 19.4 Å². The number of hydrogen-bond acceptors (Lipinski definition) is 4. The van der Waals surface area contributed by atoms with E-state index in [0.717, 1.165) is 11.2 Å². The largest absolute Gasteiger partial charge is 0.481 e. The van der Waals surface area contributed by atoms with E-state index >= 15 is 0 Å². The minimum Gasteiger partial charge on any atom is -0.481 e. The Hall–Kier alpha value is -2.80. The number of amides is 1. The maximum atomic E-state index is 13.0. The molecule has 0 heterocycles. The van der Waals surface area contributed by atoms with Gasteiger partial charge in [0.05, 0.1) is 16.0 Å². The number of rotatable bonds is 6. The summed E-state index contributed by atoms with van der Waals surface area (Å²) >= 11 is 0. The molecule has 0 saturated carbocycles. The molecule has 182 valence electrons. The molecule has 1 amide bonds. The van der Waals surface area contributed by atoms with Gasteiger partial charge in [-0.2, -0.15) is 26.3 Å². The van der Waals surface area contributed by atoms with Gasteiger partial charge in [0.2, 0.25) is 10.0 Å². The summed E-state index contributed by atoms with van der Waals surface area (Å²) < 4.78 is 109. The van der Waals surface area contributed by atoms with Crippen molar-refractivity contribution in [3.05, 3.63) is 53.1 Å². The average Bonchev–Trinajstić information content (AvgIpc) is 2.67. The second-order valence-electron chi connectivity index (χ2n) is 7.26. The standard InChI is InChI=1S/C20H20F6N2O4S/c1-11-5-6-16(33(30,31)28(3)4)10-17(11)27-18(29)12(2)32-15-8-13(19(21,22)23)7-14(9-15)20(24,25)26/h5-10,12H,1-4H3,(H,27,29)/t12-/m1/s1. The molecular weight excluding hydrogens is 478 g/mol. The molecule has 1 N–H and O–H groups in total. The molecule has 2 aromatic carbocycles. The number of ether oxygens (including phenoxy) is 1. The highest BCUT2D eigenvalue weighted by Gasteiger charge is 2.37. The van der Waals surface area contributed by atoms with Crippen LogP contribution in [0, 0.1) is 6.92 Å². The maximum absolute atomic E-state index is 13.0. The third kappa shape index (κ3) is 6.38. The Morgan fingerprint density at radius 1 is 0.970 bits per heavy atom. The maximum Gasteiger partial charge on any atom is 0.416 e. The summed E-state index contributed by atoms with van der Waals surface area (Å²) in [6.07, 6.45) is -11.6. The first-order valence-corrected chi connectivity index (χ1v) is 10.7. The van der Waals surface area contributed by atoms with Crippen molar-refractivity contribution in [3.63, 3.8) is 0 Å². The lowest BCUT2D eigenvalue weighted by Gasteiger charge is -2.19. The van der Waals surface area contributed by atoms with Gasteiger partial charge in [-0.25, -0.2) is 12.7 Å². The molecule has 1 atom stereocenters. The molecule has 0 aromatic heterocycles.